The molecule has 2 aromatic rings. The average Bonchev–Trinajstić information content (AvgIpc) is 3.21. The van der Waals surface area contributed by atoms with Gasteiger partial charge in [0, 0.05) is 7.05 Å². The molecule has 0 bridgehead atoms. The van der Waals surface area contributed by atoms with Gasteiger partial charge in [-0.15, -0.1) is 0 Å². The summed E-state index contributed by atoms with van der Waals surface area (Å²) in [7, 11) is 1.70. The Morgan fingerprint density at radius 2 is 1.86 bits per heavy atom. The van der Waals surface area contributed by atoms with Crippen LogP contribution in [0.2, 0.25) is 0 Å². The maximum absolute atomic E-state index is 13.2. The summed E-state index contributed by atoms with van der Waals surface area (Å²) in [5, 5.41) is 2.86. The smallest absolute Gasteiger partial charge is 0.325 e. The van der Waals surface area contributed by atoms with Crippen LogP contribution in [0, 0.1) is 6.92 Å². The number of carbonyl (C=O) groups excluding carboxylic acids is 3. The molecule has 1 aliphatic heterocycles. The molecule has 6 nitrogen and oxygen atoms in total. The van der Waals surface area contributed by atoms with E-state index in [4.69, 9.17) is 0 Å². The van der Waals surface area contributed by atoms with Gasteiger partial charge in [-0.25, -0.2) is 4.79 Å². The Kier molecular flexibility index (Phi) is 4.65. The van der Waals surface area contributed by atoms with Crippen molar-refractivity contribution in [3.8, 4) is 0 Å². The molecule has 0 radical (unpaired) electrons. The van der Waals surface area contributed by atoms with Crippen LogP contribution in [-0.2, 0) is 21.5 Å². The van der Waals surface area contributed by atoms with E-state index < -0.39 is 11.6 Å². The molecule has 29 heavy (non-hydrogen) atoms. The van der Waals surface area contributed by atoms with E-state index in [2.05, 4.69) is 5.32 Å². The van der Waals surface area contributed by atoms with Crippen molar-refractivity contribution in [3.63, 3.8) is 0 Å². The minimum Gasteiger partial charge on any atom is -0.337 e. The van der Waals surface area contributed by atoms with E-state index in [1.54, 1.807) is 11.9 Å². The molecule has 0 aromatic heterocycles. The zero-order valence-corrected chi connectivity index (χ0v) is 16.9. The first kappa shape index (κ1) is 19.2. The van der Waals surface area contributed by atoms with E-state index in [0.717, 1.165) is 33.6 Å². The summed E-state index contributed by atoms with van der Waals surface area (Å²) in [6.07, 6.45) is 1.26. The van der Waals surface area contributed by atoms with E-state index in [-0.39, 0.29) is 24.4 Å². The number of imide groups is 1. The normalized spacial score (nSPS) is 21.3. The van der Waals surface area contributed by atoms with E-state index >= 15 is 0 Å². The summed E-state index contributed by atoms with van der Waals surface area (Å²) in [6.45, 7) is 3.68. The molecule has 1 spiro atoms. The van der Waals surface area contributed by atoms with Crippen molar-refractivity contribution in [3.05, 3.63) is 70.8 Å². The molecular formula is C23H25N3O3. The number of amides is 4. The Morgan fingerprint density at radius 3 is 2.59 bits per heavy atom. The molecule has 6 heteroatoms. The Morgan fingerprint density at radius 1 is 1.17 bits per heavy atom. The van der Waals surface area contributed by atoms with Gasteiger partial charge in [0.15, 0.2) is 0 Å². The van der Waals surface area contributed by atoms with Gasteiger partial charge in [0.2, 0.25) is 5.91 Å². The lowest BCUT2D eigenvalue weighted by molar-refractivity contribution is -0.139. The summed E-state index contributed by atoms with van der Waals surface area (Å²) in [6, 6.07) is 15.0. The zero-order valence-electron chi connectivity index (χ0n) is 16.9. The van der Waals surface area contributed by atoms with Crippen LogP contribution in [-0.4, -0.2) is 41.2 Å². The maximum atomic E-state index is 13.2. The van der Waals surface area contributed by atoms with Gasteiger partial charge in [0.05, 0.1) is 6.04 Å². The van der Waals surface area contributed by atoms with Gasteiger partial charge in [-0.2, -0.15) is 0 Å². The molecule has 1 N–H and O–H groups in total. The van der Waals surface area contributed by atoms with E-state index in [0.29, 0.717) is 6.42 Å². The summed E-state index contributed by atoms with van der Waals surface area (Å²) in [4.78, 5) is 41.3. The number of nitrogens with one attached hydrogen (secondary N) is 1. The van der Waals surface area contributed by atoms with Crippen molar-refractivity contribution in [2.24, 2.45) is 0 Å². The Bertz CT molecular complexity index is 985. The average molecular weight is 391 g/mol. The fraction of sp³-hybridized carbons (Fsp3) is 0.348. The van der Waals surface area contributed by atoms with Crippen LogP contribution < -0.4 is 5.32 Å². The van der Waals surface area contributed by atoms with Gasteiger partial charge in [-0.3, -0.25) is 14.5 Å². The van der Waals surface area contributed by atoms with Crippen LogP contribution in [0.3, 0.4) is 0 Å². The number of carbonyl (C=O) groups is 3. The molecule has 1 fully saturated rings. The van der Waals surface area contributed by atoms with Crippen LogP contribution in [0.5, 0.6) is 0 Å². The molecule has 2 aromatic carbocycles. The third-order valence-corrected chi connectivity index (χ3v) is 6.25. The first-order chi connectivity index (χ1) is 13.8. The van der Waals surface area contributed by atoms with Gasteiger partial charge in [0.1, 0.15) is 12.1 Å². The van der Waals surface area contributed by atoms with Crippen molar-refractivity contribution in [1.29, 1.82) is 0 Å². The number of hydrogen-bond acceptors (Lipinski definition) is 3. The lowest BCUT2D eigenvalue weighted by Gasteiger charge is -2.27. The van der Waals surface area contributed by atoms with E-state index in [1.165, 1.54) is 0 Å². The zero-order chi connectivity index (χ0) is 20.8. The predicted octanol–water partition coefficient (Wildman–Crippen LogP) is 2.91. The number of rotatable bonds is 4. The van der Waals surface area contributed by atoms with E-state index in [1.807, 2.05) is 62.4 Å². The van der Waals surface area contributed by atoms with Crippen molar-refractivity contribution in [1.82, 2.24) is 15.1 Å². The van der Waals surface area contributed by atoms with Gasteiger partial charge in [-0.1, -0.05) is 54.1 Å². The molecule has 4 rings (SSSR count). The highest BCUT2D eigenvalue weighted by atomic mass is 16.2. The number of hydrogen-bond donors (Lipinski definition) is 1. The highest BCUT2D eigenvalue weighted by Crippen LogP contribution is 2.41. The third-order valence-electron chi connectivity index (χ3n) is 6.25. The highest BCUT2D eigenvalue weighted by Gasteiger charge is 2.55. The second kappa shape index (κ2) is 7.03. The first-order valence-electron chi connectivity index (χ1n) is 9.88. The van der Waals surface area contributed by atoms with Crippen molar-refractivity contribution >= 4 is 17.8 Å². The molecule has 2 unspecified atom stereocenters. The van der Waals surface area contributed by atoms with Gasteiger partial charge < -0.3 is 10.2 Å². The molecule has 1 heterocycles. The standard InChI is InChI=1S/C23H25N3O3/c1-15-8-10-17(11-9-15)16(2)25(3)20(27)14-26-21(28)23(24-22(26)29)13-12-18-6-4-5-7-19(18)23/h4-11,16H,12-14H2,1-3H3,(H,24,29). The van der Waals surface area contributed by atoms with Crippen LogP contribution in [0.4, 0.5) is 4.79 Å². The molecule has 1 aliphatic carbocycles. The molecular weight excluding hydrogens is 366 g/mol. The molecule has 150 valence electrons. The monoisotopic (exact) mass is 391 g/mol. The number of aryl methyl sites for hydroxylation is 2. The fourth-order valence-electron chi connectivity index (χ4n) is 4.26. The largest absolute Gasteiger partial charge is 0.337 e. The molecule has 0 saturated carbocycles. The quantitative estimate of drug-likeness (QED) is 0.815. The Labute approximate surface area is 170 Å². The predicted molar refractivity (Wildman–Crippen MR) is 109 cm³/mol. The van der Waals surface area contributed by atoms with Gasteiger partial charge >= 0.3 is 6.03 Å². The van der Waals surface area contributed by atoms with Crippen LogP contribution >= 0.6 is 0 Å². The van der Waals surface area contributed by atoms with Crippen molar-refractivity contribution in [2.45, 2.75) is 38.3 Å². The van der Waals surface area contributed by atoms with Crippen LogP contribution in [0.15, 0.2) is 48.5 Å². The third kappa shape index (κ3) is 3.09. The second-order valence-electron chi connectivity index (χ2n) is 7.98. The number of likely N-dealkylation sites (N-methyl/N-ethyl adjacent to an activating group) is 1. The first-order valence-corrected chi connectivity index (χ1v) is 9.88. The molecule has 4 amide bonds. The lowest BCUT2D eigenvalue weighted by atomic mass is 9.92. The lowest BCUT2D eigenvalue weighted by Crippen LogP contribution is -2.44. The molecule has 1 saturated heterocycles. The van der Waals surface area contributed by atoms with Crippen LogP contribution in [0.25, 0.3) is 0 Å². The minimum atomic E-state index is -1.03. The highest BCUT2D eigenvalue weighted by molar-refractivity contribution is 6.09. The maximum Gasteiger partial charge on any atom is 0.325 e. The molecule has 2 aliphatic rings. The fourth-order valence-corrected chi connectivity index (χ4v) is 4.26. The van der Waals surface area contributed by atoms with Crippen molar-refractivity contribution in [2.75, 3.05) is 13.6 Å². The Balaban J connectivity index is 1.51. The Hall–Kier alpha value is -3.15. The second-order valence-corrected chi connectivity index (χ2v) is 7.98. The van der Waals surface area contributed by atoms with Crippen LogP contribution in [0.1, 0.15) is 41.6 Å². The summed E-state index contributed by atoms with van der Waals surface area (Å²) < 4.78 is 0. The summed E-state index contributed by atoms with van der Waals surface area (Å²) >= 11 is 0. The minimum absolute atomic E-state index is 0.162. The van der Waals surface area contributed by atoms with Gasteiger partial charge in [0.25, 0.3) is 5.91 Å². The molecule has 2 atom stereocenters. The SMILES string of the molecule is Cc1ccc(C(C)N(C)C(=O)CN2C(=O)NC3(CCc4ccccc43)C2=O)cc1. The number of nitrogens with zero attached hydrogens (tertiary/aromatic N) is 2. The number of urea groups is 1. The number of benzene rings is 2. The number of fused-ring (bicyclic) bond motifs is 2. The van der Waals surface area contributed by atoms with E-state index in [9.17, 15) is 14.4 Å². The topological polar surface area (TPSA) is 69.7 Å². The summed E-state index contributed by atoms with van der Waals surface area (Å²) in [5.74, 6) is -0.609. The van der Waals surface area contributed by atoms with Crippen molar-refractivity contribution < 1.29 is 14.4 Å². The van der Waals surface area contributed by atoms with Gasteiger partial charge in [-0.05, 0) is 43.4 Å². The summed E-state index contributed by atoms with van der Waals surface area (Å²) in [5.41, 5.74) is 3.03.